The summed E-state index contributed by atoms with van der Waals surface area (Å²) in [5.74, 6) is -1.03. The van der Waals surface area contributed by atoms with Crippen LogP contribution in [-0.2, 0) is 4.79 Å². The van der Waals surface area contributed by atoms with Crippen molar-refractivity contribution in [3.63, 3.8) is 0 Å². The minimum Gasteiger partial charge on any atom is -0.480 e. The molecule has 78 valence electrons. The predicted molar refractivity (Wildman–Crippen MR) is 52.6 cm³/mol. The van der Waals surface area contributed by atoms with Crippen LogP contribution in [-0.4, -0.2) is 40.7 Å². The first-order chi connectivity index (χ1) is 5.99. The Hall–Kier alpha value is -0.300. The Kier molecular flexibility index (Phi) is 6.06. The fourth-order valence-corrected chi connectivity index (χ4v) is 0.881. The van der Waals surface area contributed by atoms with Crippen LogP contribution in [0, 0.1) is 5.92 Å². The van der Waals surface area contributed by atoms with Crippen molar-refractivity contribution >= 4 is 18.6 Å². The van der Waals surface area contributed by atoms with Gasteiger partial charge in [-0.3, -0.25) is 4.79 Å². The van der Waals surface area contributed by atoms with Gasteiger partial charge in [0.25, 0.3) is 0 Å². The van der Waals surface area contributed by atoms with E-state index in [1.807, 2.05) is 6.92 Å². The summed E-state index contributed by atoms with van der Waals surface area (Å²) in [6.07, 6.45) is 0. The Morgan fingerprint density at radius 3 is 2.62 bits per heavy atom. The first-order valence-electron chi connectivity index (χ1n) is 3.99. The number of nitrogens with one attached hydrogen (secondary N) is 1. The van der Waals surface area contributed by atoms with E-state index < -0.39 is 17.4 Å². The topological polar surface area (TPSA) is 95.6 Å². The molecule has 0 aromatic heterocycles. The molecule has 6 heteroatoms. The molecule has 0 aromatic rings. The van der Waals surface area contributed by atoms with E-state index in [2.05, 4.69) is 17.9 Å². The van der Waals surface area contributed by atoms with E-state index in [1.54, 1.807) is 0 Å². The number of thiol groups is 1. The molecule has 3 unspecified atom stereocenters. The number of aliphatic hydroxyl groups excluding tert-OH is 1. The summed E-state index contributed by atoms with van der Waals surface area (Å²) in [5, 5.41) is 19.4. The van der Waals surface area contributed by atoms with Crippen molar-refractivity contribution in [1.82, 2.24) is 5.32 Å². The molecule has 0 fully saturated rings. The van der Waals surface area contributed by atoms with Crippen LogP contribution < -0.4 is 11.1 Å². The molecular weight excluding hydrogens is 192 g/mol. The number of carboxylic acid groups (broad SMARTS) is 1. The highest BCUT2D eigenvalue weighted by atomic mass is 32.1. The average Bonchev–Trinajstić information content (AvgIpc) is 2.11. The summed E-state index contributed by atoms with van der Waals surface area (Å²) >= 11 is 3.98. The van der Waals surface area contributed by atoms with Crippen LogP contribution in [0.25, 0.3) is 0 Å². The van der Waals surface area contributed by atoms with Crippen LogP contribution in [0.2, 0.25) is 0 Å². The smallest absolute Gasteiger partial charge is 0.322 e. The lowest BCUT2D eigenvalue weighted by molar-refractivity contribution is -0.138. The van der Waals surface area contributed by atoms with E-state index in [9.17, 15) is 4.79 Å². The normalized spacial score (nSPS) is 17.8. The van der Waals surface area contributed by atoms with E-state index in [4.69, 9.17) is 15.9 Å². The van der Waals surface area contributed by atoms with Gasteiger partial charge in [-0.15, -0.1) is 0 Å². The zero-order valence-electron chi connectivity index (χ0n) is 7.47. The number of carbonyl (C=O) groups is 1. The predicted octanol–water partition coefficient (Wildman–Crippen LogP) is -1.13. The van der Waals surface area contributed by atoms with E-state index in [-0.39, 0.29) is 12.5 Å². The van der Waals surface area contributed by atoms with Gasteiger partial charge in [-0.25, -0.2) is 0 Å². The average molecular weight is 208 g/mol. The highest BCUT2D eigenvalue weighted by Gasteiger charge is 2.20. The zero-order valence-corrected chi connectivity index (χ0v) is 8.37. The van der Waals surface area contributed by atoms with Gasteiger partial charge in [0.2, 0.25) is 0 Å². The molecule has 3 atom stereocenters. The summed E-state index contributed by atoms with van der Waals surface area (Å²) in [6.45, 7) is 2.38. The first-order valence-corrected chi connectivity index (χ1v) is 4.51. The molecule has 0 radical (unpaired) electrons. The van der Waals surface area contributed by atoms with Gasteiger partial charge in [0, 0.05) is 13.2 Å². The van der Waals surface area contributed by atoms with Gasteiger partial charge in [-0.05, 0) is 5.92 Å². The zero-order chi connectivity index (χ0) is 10.4. The van der Waals surface area contributed by atoms with Crippen molar-refractivity contribution in [1.29, 1.82) is 0 Å². The number of nitrogens with two attached hydrogens (primary N) is 1. The molecule has 0 rings (SSSR count). The van der Waals surface area contributed by atoms with Gasteiger partial charge in [0.1, 0.15) is 6.04 Å². The number of carboxylic acids is 1. The summed E-state index contributed by atoms with van der Waals surface area (Å²) in [6, 6.07) is -1.03. The molecule has 0 aliphatic rings. The van der Waals surface area contributed by atoms with Crippen molar-refractivity contribution in [2.45, 2.75) is 18.3 Å². The molecule has 13 heavy (non-hydrogen) atoms. The molecule has 5 N–H and O–H groups in total. The Bertz CT molecular complexity index is 168. The fraction of sp³-hybridized carbons (Fsp3) is 0.857. The first kappa shape index (κ1) is 12.7. The third-order valence-corrected chi connectivity index (χ3v) is 2.12. The highest BCUT2D eigenvalue weighted by molar-refractivity contribution is 7.81. The largest absolute Gasteiger partial charge is 0.480 e. The third-order valence-electron chi connectivity index (χ3n) is 1.61. The molecule has 0 bridgehead atoms. The van der Waals surface area contributed by atoms with Crippen LogP contribution in [0.4, 0.5) is 0 Å². The second kappa shape index (κ2) is 6.20. The Labute approximate surface area is 82.7 Å². The van der Waals surface area contributed by atoms with Gasteiger partial charge in [-0.1, -0.05) is 6.92 Å². The molecule has 5 nitrogen and oxygen atoms in total. The summed E-state index contributed by atoms with van der Waals surface area (Å²) < 4.78 is 0. The van der Waals surface area contributed by atoms with Crippen molar-refractivity contribution in [2.24, 2.45) is 11.7 Å². The molecule has 0 amide bonds. The number of hydrogen-bond acceptors (Lipinski definition) is 5. The SMILES string of the molecule is CC(CO)CNC(S)C(N)C(=O)O. The number of hydrogen-bond donors (Lipinski definition) is 5. The van der Waals surface area contributed by atoms with E-state index in [1.165, 1.54) is 0 Å². The lowest BCUT2D eigenvalue weighted by Gasteiger charge is -2.18. The van der Waals surface area contributed by atoms with E-state index in [0.29, 0.717) is 6.54 Å². The van der Waals surface area contributed by atoms with Crippen LogP contribution in [0.5, 0.6) is 0 Å². The van der Waals surface area contributed by atoms with Crippen molar-refractivity contribution < 1.29 is 15.0 Å². The molecule has 0 aliphatic heterocycles. The standard InChI is InChI=1S/C7H16N2O3S/c1-4(3-10)2-9-6(13)5(8)7(11)12/h4-6,9-10,13H,2-3,8H2,1H3,(H,11,12). The maximum atomic E-state index is 10.4. The maximum absolute atomic E-state index is 10.4. The van der Waals surface area contributed by atoms with Crippen LogP contribution >= 0.6 is 12.6 Å². The van der Waals surface area contributed by atoms with Gasteiger partial charge in [0.15, 0.2) is 0 Å². The van der Waals surface area contributed by atoms with Gasteiger partial charge < -0.3 is 21.3 Å². The van der Waals surface area contributed by atoms with Crippen LogP contribution in [0.3, 0.4) is 0 Å². The molecular formula is C7H16N2O3S. The van der Waals surface area contributed by atoms with E-state index in [0.717, 1.165) is 0 Å². The third kappa shape index (κ3) is 5.09. The number of aliphatic carboxylic acids is 1. The summed E-state index contributed by atoms with van der Waals surface area (Å²) in [5.41, 5.74) is 5.29. The Morgan fingerprint density at radius 1 is 1.69 bits per heavy atom. The monoisotopic (exact) mass is 208 g/mol. The molecule has 0 saturated carbocycles. The van der Waals surface area contributed by atoms with Crippen molar-refractivity contribution in [2.75, 3.05) is 13.2 Å². The lowest BCUT2D eigenvalue weighted by atomic mass is 10.2. The highest BCUT2D eigenvalue weighted by Crippen LogP contribution is 1.98. The summed E-state index contributed by atoms with van der Waals surface area (Å²) in [4.78, 5) is 10.4. The molecule has 0 aromatic carbocycles. The van der Waals surface area contributed by atoms with Crippen molar-refractivity contribution in [3.05, 3.63) is 0 Å². The fourth-order valence-electron chi connectivity index (χ4n) is 0.648. The molecule has 0 heterocycles. The lowest BCUT2D eigenvalue weighted by Crippen LogP contribution is -2.47. The van der Waals surface area contributed by atoms with E-state index >= 15 is 0 Å². The maximum Gasteiger partial charge on any atom is 0.322 e. The van der Waals surface area contributed by atoms with Crippen molar-refractivity contribution in [3.8, 4) is 0 Å². The molecule has 0 saturated heterocycles. The van der Waals surface area contributed by atoms with Crippen LogP contribution in [0.15, 0.2) is 0 Å². The molecule has 0 spiro atoms. The van der Waals surface area contributed by atoms with Crippen LogP contribution in [0.1, 0.15) is 6.92 Å². The van der Waals surface area contributed by atoms with Gasteiger partial charge >= 0.3 is 5.97 Å². The van der Waals surface area contributed by atoms with Gasteiger partial charge in [0.05, 0.1) is 5.37 Å². The second-order valence-corrected chi connectivity index (χ2v) is 3.56. The summed E-state index contributed by atoms with van der Waals surface area (Å²) in [7, 11) is 0. The molecule has 0 aliphatic carbocycles. The number of aliphatic hydroxyl groups is 1. The Morgan fingerprint density at radius 2 is 2.23 bits per heavy atom. The minimum absolute atomic E-state index is 0.0514. The quantitative estimate of drug-likeness (QED) is 0.281. The number of rotatable bonds is 6. The van der Waals surface area contributed by atoms with Gasteiger partial charge in [-0.2, -0.15) is 12.6 Å². The second-order valence-electron chi connectivity index (χ2n) is 3.00. The Balaban J connectivity index is 3.73. The minimum atomic E-state index is -1.09.